The van der Waals surface area contributed by atoms with Crippen molar-refractivity contribution in [3.63, 3.8) is 0 Å². The Kier molecular flexibility index (Phi) is 41.7. The van der Waals surface area contributed by atoms with E-state index in [0.717, 1.165) is 25.7 Å². The molecule has 2 aromatic rings. The fraction of sp³-hybridized carbons (Fsp3) is 0.692. The van der Waals surface area contributed by atoms with Crippen LogP contribution in [0.15, 0.2) is 48.5 Å². The summed E-state index contributed by atoms with van der Waals surface area (Å²) < 4.78 is 0. The zero-order valence-corrected chi connectivity index (χ0v) is 43.3. The van der Waals surface area contributed by atoms with Crippen molar-refractivity contribution < 1.29 is 29.4 Å². The van der Waals surface area contributed by atoms with E-state index in [1.165, 1.54) is 228 Å². The van der Waals surface area contributed by atoms with E-state index in [1.807, 2.05) is 0 Å². The second-order valence-corrected chi connectivity index (χ2v) is 16.8. The zero-order valence-electron chi connectivity index (χ0n) is 38.8. The molecular formula is C52H84BaN2O6. The molecule has 2 rings (SSSR count). The second kappa shape index (κ2) is 43.2. The molecule has 0 unspecified atom stereocenters. The van der Waals surface area contributed by atoms with Gasteiger partial charge in [0.2, 0.25) is 0 Å². The van der Waals surface area contributed by atoms with E-state index >= 15 is 0 Å². The van der Waals surface area contributed by atoms with Crippen molar-refractivity contribution in [1.82, 2.24) is 10.6 Å². The molecule has 0 bridgehead atoms. The quantitative estimate of drug-likeness (QED) is 0.0508. The van der Waals surface area contributed by atoms with Crippen LogP contribution in [0.1, 0.15) is 261 Å². The predicted octanol–water partition coefficient (Wildman–Crippen LogP) is 11.7. The largest absolute Gasteiger partial charge is 2.00 e. The van der Waals surface area contributed by atoms with Gasteiger partial charge in [-0.3, -0.25) is 9.59 Å². The van der Waals surface area contributed by atoms with Gasteiger partial charge in [-0.2, -0.15) is 0 Å². The average Bonchev–Trinajstić information content (AvgIpc) is 3.26. The summed E-state index contributed by atoms with van der Waals surface area (Å²) in [5.74, 6) is -2.76. The van der Waals surface area contributed by atoms with E-state index in [0.29, 0.717) is 24.2 Å². The molecule has 0 fully saturated rings. The molecule has 0 saturated heterocycles. The Bertz CT molecular complexity index is 1250. The van der Waals surface area contributed by atoms with Gasteiger partial charge in [-0.15, -0.1) is 0 Å². The molecule has 0 aromatic heterocycles. The number of rotatable bonds is 38. The topological polar surface area (TPSA) is 138 Å². The van der Waals surface area contributed by atoms with E-state index in [9.17, 15) is 29.4 Å². The van der Waals surface area contributed by atoms with E-state index in [-0.39, 0.29) is 71.8 Å². The van der Waals surface area contributed by atoms with Crippen LogP contribution in [0.4, 0.5) is 0 Å². The van der Waals surface area contributed by atoms with Gasteiger partial charge >= 0.3 is 48.9 Å². The van der Waals surface area contributed by atoms with Crippen LogP contribution in [-0.4, -0.2) is 85.7 Å². The molecule has 2 aromatic carbocycles. The van der Waals surface area contributed by atoms with Gasteiger partial charge in [0, 0.05) is 24.2 Å². The van der Waals surface area contributed by atoms with E-state index in [1.54, 1.807) is 0 Å². The van der Waals surface area contributed by atoms with Crippen LogP contribution in [0.3, 0.4) is 0 Å². The minimum Gasteiger partial charge on any atom is -0.545 e. The maximum Gasteiger partial charge on any atom is 2.00 e. The molecule has 2 N–H and O–H groups in total. The van der Waals surface area contributed by atoms with Gasteiger partial charge in [0.15, 0.2) is 0 Å². The van der Waals surface area contributed by atoms with Crippen LogP contribution >= 0.6 is 0 Å². The third-order valence-electron chi connectivity index (χ3n) is 11.4. The molecule has 340 valence electrons. The minimum atomic E-state index is -1.23. The Morgan fingerprint density at radius 2 is 0.508 bits per heavy atom. The van der Waals surface area contributed by atoms with Crippen molar-refractivity contribution >= 4 is 72.6 Å². The van der Waals surface area contributed by atoms with Crippen LogP contribution in [0.25, 0.3) is 0 Å². The molecule has 0 saturated carbocycles. The van der Waals surface area contributed by atoms with Crippen molar-refractivity contribution in [2.45, 2.75) is 219 Å². The van der Waals surface area contributed by atoms with E-state index in [4.69, 9.17) is 0 Å². The van der Waals surface area contributed by atoms with Gasteiger partial charge in [0.05, 0.1) is 11.9 Å². The zero-order chi connectivity index (χ0) is 43.7. The van der Waals surface area contributed by atoms with Gasteiger partial charge < -0.3 is 30.4 Å². The van der Waals surface area contributed by atoms with Crippen molar-refractivity contribution in [2.75, 3.05) is 13.1 Å². The van der Waals surface area contributed by atoms with Gasteiger partial charge in [-0.05, 0) is 48.2 Å². The number of amides is 2. The Morgan fingerprint density at radius 1 is 0.328 bits per heavy atom. The number of carboxylic acids is 2. The van der Waals surface area contributed by atoms with Gasteiger partial charge in [0.25, 0.3) is 11.8 Å². The summed E-state index contributed by atoms with van der Waals surface area (Å²) in [4.78, 5) is 45.5. The van der Waals surface area contributed by atoms with E-state index in [2.05, 4.69) is 24.5 Å². The molecule has 0 atom stereocenters. The molecule has 9 heteroatoms. The molecule has 0 aliphatic rings. The number of unbranched alkanes of at least 4 members (excludes halogenated alkanes) is 30. The van der Waals surface area contributed by atoms with E-state index < -0.39 is 11.9 Å². The normalized spacial score (nSPS) is 10.7. The minimum absolute atomic E-state index is 0. The molecule has 0 aliphatic heterocycles. The summed E-state index contributed by atoms with van der Waals surface area (Å²) >= 11 is 0. The Labute approximate surface area is 412 Å². The predicted molar refractivity (Wildman–Crippen MR) is 251 cm³/mol. The van der Waals surface area contributed by atoms with Crippen LogP contribution < -0.4 is 20.8 Å². The van der Waals surface area contributed by atoms with Crippen molar-refractivity contribution in [3.8, 4) is 0 Å². The number of carboxylic acid groups (broad SMARTS) is 2. The first-order valence-electron chi connectivity index (χ1n) is 24.5. The molecule has 2 amide bonds. The Hall–Kier alpha value is -2.11. The smallest absolute Gasteiger partial charge is 0.545 e. The van der Waals surface area contributed by atoms with Crippen LogP contribution in [0.2, 0.25) is 0 Å². The Balaban J connectivity index is 0.00000116. The number of carbonyl (C=O) groups is 4. The third kappa shape index (κ3) is 35.0. The second-order valence-electron chi connectivity index (χ2n) is 16.8. The monoisotopic (exact) mass is 971 g/mol. The molecule has 0 heterocycles. The first-order valence-corrected chi connectivity index (χ1v) is 24.5. The summed E-state index contributed by atoms with van der Waals surface area (Å²) in [5.41, 5.74) is 1.14. The van der Waals surface area contributed by atoms with Gasteiger partial charge in [-0.25, -0.2) is 0 Å². The molecule has 61 heavy (non-hydrogen) atoms. The molecule has 0 radical (unpaired) electrons. The standard InChI is InChI=1S/2C26H43NO3.Ba/c2*1-2-3-4-5-6-7-8-9-10-11-12-13-14-15-16-17-22-27-25(28)23-18-20-24(21-19-23)26(29)30;/h2*18-21H,2-17,22H2,1H3,(H,27,28)(H,29,30);/q;;+2/p-2. The molecule has 0 aliphatic carbocycles. The molecule has 0 spiro atoms. The SMILES string of the molecule is CCCCCCCCCCCCCCCCCCNC(=O)c1ccc(C(=O)[O-])cc1.CCCCCCCCCCCCCCCCCCNC(=O)c1ccc(C(=O)[O-])cc1.[Ba+2]. The van der Waals surface area contributed by atoms with Gasteiger partial charge in [0.1, 0.15) is 0 Å². The Morgan fingerprint density at radius 3 is 0.705 bits per heavy atom. The summed E-state index contributed by atoms with van der Waals surface area (Å²) in [6.07, 6.45) is 42.7. The summed E-state index contributed by atoms with van der Waals surface area (Å²) in [7, 11) is 0. The van der Waals surface area contributed by atoms with Crippen LogP contribution in [0, 0.1) is 0 Å². The van der Waals surface area contributed by atoms with Crippen molar-refractivity contribution in [1.29, 1.82) is 0 Å². The molecule has 8 nitrogen and oxygen atoms in total. The van der Waals surface area contributed by atoms with Crippen LogP contribution in [-0.2, 0) is 0 Å². The fourth-order valence-electron chi connectivity index (χ4n) is 7.47. The maximum atomic E-state index is 12.0. The summed E-state index contributed by atoms with van der Waals surface area (Å²) in [6.45, 7) is 5.87. The molecular weight excluding hydrogens is 886 g/mol. The van der Waals surface area contributed by atoms with Crippen molar-refractivity contribution in [3.05, 3.63) is 70.8 Å². The van der Waals surface area contributed by atoms with Gasteiger partial charge in [-0.1, -0.05) is 231 Å². The number of aromatic carboxylic acids is 2. The summed E-state index contributed by atoms with van der Waals surface area (Å²) in [6, 6.07) is 11.7. The number of carbonyl (C=O) groups excluding carboxylic acids is 4. The number of nitrogens with one attached hydrogen (secondary N) is 2. The third-order valence-corrected chi connectivity index (χ3v) is 11.4. The maximum absolute atomic E-state index is 12.0. The summed E-state index contributed by atoms with van der Waals surface area (Å²) in [5, 5.41) is 27.2. The number of benzene rings is 2. The fourth-order valence-corrected chi connectivity index (χ4v) is 7.47. The first-order chi connectivity index (χ1) is 29.3. The van der Waals surface area contributed by atoms with Crippen LogP contribution in [0.5, 0.6) is 0 Å². The average molecular weight is 971 g/mol. The first kappa shape index (κ1) is 58.9. The number of hydrogen-bond donors (Lipinski definition) is 2. The van der Waals surface area contributed by atoms with Crippen molar-refractivity contribution in [2.24, 2.45) is 0 Å². The number of hydrogen-bond acceptors (Lipinski definition) is 6.